The highest BCUT2D eigenvalue weighted by atomic mass is 35.5. The predicted octanol–water partition coefficient (Wildman–Crippen LogP) is 4.42. The molecule has 1 aromatic carbocycles. The lowest BCUT2D eigenvalue weighted by Crippen LogP contribution is -1.89. The molecule has 1 aromatic heterocycles. The van der Waals surface area contributed by atoms with E-state index in [0.717, 1.165) is 15.0 Å². The van der Waals surface area contributed by atoms with Gasteiger partial charge in [0.2, 0.25) is 0 Å². The summed E-state index contributed by atoms with van der Waals surface area (Å²) in [5.74, 6) is 0.494. The molecule has 2 rings (SSSR count). The van der Waals surface area contributed by atoms with Crippen LogP contribution >= 0.6 is 34.7 Å². The first-order chi connectivity index (χ1) is 7.65. The Morgan fingerprint density at radius 3 is 2.75 bits per heavy atom. The third kappa shape index (κ3) is 2.90. The number of hydrogen-bond acceptors (Lipinski definition) is 3. The van der Waals surface area contributed by atoms with Crippen molar-refractivity contribution in [1.82, 2.24) is 0 Å². The molecule has 0 aliphatic rings. The van der Waals surface area contributed by atoms with Gasteiger partial charge in [-0.1, -0.05) is 11.6 Å². The summed E-state index contributed by atoms with van der Waals surface area (Å²) in [4.78, 5) is 2.07. The Bertz CT molecular complexity index is 498. The first kappa shape index (κ1) is 11.8. The van der Waals surface area contributed by atoms with Crippen LogP contribution in [0.15, 0.2) is 35.2 Å². The second-order valence-corrected chi connectivity index (χ2v) is 5.99. The van der Waals surface area contributed by atoms with Gasteiger partial charge in [0.1, 0.15) is 5.82 Å². The molecule has 0 fully saturated rings. The molecular weight excluding hydrogens is 265 g/mol. The van der Waals surface area contributed by atoms with Crippen LogP contribution < -0.4 is 5.73 Å². The summed E-state index contributed by atoms with van der Waals surface area (Å²) in [5.41, 5.74) is 6.19. The van der Waals surface area contributed by atoms with Crippen molar-refractivity contribution in [2.24, 2.45) is 0 Å². The average molecular weight is 274 g/mol. The molecular formula is C11H9ClFNS2. The third-order valence-electron chi connectivity index (χ3n) is 1.97. The minimum Gasteiger partial charge on any atom is -0.398 e. The molecule has 0 amide bonds. The fourth-order valence-electron chi connectivity index (χ4n) is 1.23. The van der Waals surface area contributed by atoms with Crippen molar-refractivity contribution in [3.05, 3.63) is 45.4 Å². The highest BCUT2D eigenvalue weighted by molar-refractivity contribution is 7.98. The molecule has 0 saturated carbocycles. The van der Waals surface area contributed by atoms with E-state index in [4.69, 9.17) is 17.3 Å². The van der Waals surface area contributed by atoms with Gasteiger partial charge in [-0.2, -0.15) is 0 Å². The number of halogens is 2. The van der Waals surface area contributed by atoms with E-state index < -0.39 is 0 Å². The summed E-state index contributed by atoms with van der Waals surface area (Å²) in [7, 11) is 0. The Labute approximate surface area is 106 Å². The Kier molecular flexibility index (Phi) is 3.74. The lowest BCUT2D eigenvalue weighted by atomic mass is 10.3. The monoisotopic (exact) mass is 273 g/mol. The molecule has 1 heterocycles. The summed E-state index contributed by atoms with van der Waals surface area (Å²) < 4.78 is 13.6. The van der Waals surface area contributed by atoms with Gasteiger partial charge >= 0.3 is 0 Å². The molecule has 0 atom stereocenters. The van der Waals surface area contributed by atoms with E-state index in [0.29, 0.717) is 5.69 Å². The van der Waals surface area contributed by atoms with Crippen LogP contribution in [0.5, 0.6) is 0 Å². The zero-order valence-corrected chi connectivity index (χ0v) is 10.6. The van der Waals surface area contributed by atoms with E-state index in [1.165, 1.54) is 17.0 Å². The summed E-state index contributed by atoms with van der Waals surface area (Å²) in [6.45, 7) is 0. The summed E-state index contributed by atoms with van der Waals surface area (Å²) >= 11 is 8.96. The van der Waals surface area contributed by atoms with Crippen molar-refractivity contribution in [1.29, 1.82) is 0 Å². The van der Waals surface area contributed by atoms with Crippen LogP contribution in [-0.2, 0) is 5.75 Å². The number of thioether (sulfide) groups is 1. The molecule has 0 aliphatic carbocycles. The fourth-order valence-corrected chi connectivity index (χ4v) is 3.31. The number of nitrogen functional groups attached to an aromatic ring is 1. The number of nitrogens with two attached hydrogens (primary N) is 1. The number of anilines is 1. The van der Waals surface area contributed by atoms with E-state index in [-0.39, 0.29) is 5.82 Å². The van der Waals surface area contributed by atoms with Gasteiger partial charge in [0.15, 0.2) is 0 Å². The van der Waals surface area contributed by atoms with Gasteiger partial charge in [-0.3, -0.25) is 0 Å². The molecule has 0 bridgehead atoms. The third-order valence-corrected chi connectivity index (χ3v) is 4.52. The van der Waals surface area contributed by atoms with Crippen molar-refractivity contribution in [2.45, 2.75) is 10.6 Å². The Hall–Kier alpha value is -0.710. The first-order valence-electron chi connectivity index (χ1n) is 4.57. The second-order valence-electron chi connectivity index (χ2n) is 3.18. The first-order valence-corrected chi connectivity index (χ1v) is 6.75. The smallest absolute Gasteiger partial charge is 0.125 e. The van der Waals surface area contributed by atoms with E-state index in [2.05, 4.69) is 0 Å². The minimum absolute atomic E-state index is 0.305. The largest absolute Gasteiger partial charge is 0.398 e. The molecule has 0 radical (unpaired) electrons. The molecule has 0 aliphatic heterocycles. The maximum Gasteiger partial charge on any atom is 0.125 e. The van der Waals surface area contributed by atoms with Crippen LogP contribution in [0.2, 0.25) is 4.34 Å². The second kappa shape index (κ2) is 5.08. The van der Waals surface area contributed by atoms with Crippen molar-refractivity contribution in [3.8, 4) is 0 Å². The molecule has 5 heteroatoms. The lowest BCUT2D eigenvalue weighted by molar-refractivity contribution is 0.627. The number of hydrogen-bond donors (Lipinski definition) is 1. The maximum atomic E-state index is 12.8. The Morgan fingerprint density at radius 1 is 1.31 bits per heavy atom. The van der Waals surface area contributed by atoms with Crippen LogP contribution in [0.3, 0.4) is 0 Å². The van der Waals surface area contributed by atoms with Crippen molar-refractivity contribution in [2.75, 3.05) is 5.73 Å². The minimum atomic E-state index is -0.305. The Balaban J connectivity index is 2.04. The summed E-state index contributed by atoms with van der Waals surface area (Å²) in [5, 5.41) is 0. The number of thiophene rings is 1. The van der Waals surface area contributed by atoms with Crippen LogP contribution in [0.4, 0.5) is 10.1 Å². The summed E-state index contributed by atoms with van der Waals surface area (Å²) in [6, 6.07) is 8.31. The van der Waals surface area contributed by atoms with Gasteiger partial charge in [0.05, 0.1) is 4.34 Å². The molecule has 16 heavy (non-hydrogen) atoms. The number of benzene rings is 1. The molecule has 84 valence electrons. The van der Waals surface area contributed by atoms with Crippen molar-refractivity contribution < 1.29 is 4.39 Å². The van der Waals surface area contributed by atoms with E-state index in [9.17, 15) is 4.39 Å². The predicted molar refractivity (Wildman–Crippen MR) is 69.7 cm³/mol. The standard InChI is InChI=1S/C11H9ClFNS2/c12-11-4-2-8(16-11)6-15-10-3-1-7(13)5-9(10)14/h1-5H,6,14H2. The highest BCUT2D eigenvalue weighted by Gasteiger charge is 2.03. The van der Waals surface area contributed by atoms with Crippen LogP contribution in [0.25, 0.3) is 0 Å². The van der Waals surface area contributed by atoms with E-state index >= 15 is 0 Å². The van der Waals surface area contributed by atoms with Crippen molar-refractivity contribution in [3.63, 3.8) is 0 Å². The highest BCUT2D eigenvalue weighted by Crippen LogP contribution is 2.31. The quantitative estimate of drug-likeness (QED) is 0.662. The van der Waals surface area contributed by atoms with Gasteiger partial charge in [-0.25, -0.2) is 4.39 Å². The van der Waals surface area contributed by atoms with Crippen LogP contribution in [-0.4, -0.2) is 0 Å². The number of rotatable bonds is 3. The fraction of sp³-hybridized carbons (Fsp3) is 0.0909. The van der Waals surface area contributed by atoms with Gasteiger partial charge in [-0.15, -0.1) is 23.1 Å². The molecule has 2 aromatic rings. The summed E-state index contributed by atoms with van der Waals surface area (Å²) in [6.07, 6.45) is 0. The zero-order valence-electron chi connectivity index (χ0n) is 8.24. The molecule has 0 saturated heterocycles. The zero-order chi connectivity index (χ0) is 11.5. The normalized spacial score (nSPS) is 10.6. The Morgan fingerprint density at radius 2 is 2.12 bits per heavy atom. The maximum absolute atomic E-state index is 12.8. The molecule has 1 nitrogen and oxygen atoms in total. The van der Waals surface area contributed by atoms with Gasteiger partial charge in [0, 0.05) is 21.2 Å². The van der Waals surface area contributed by atoms with E-state index in [1.54, 1.807) is 29.2 Å². The average Bonchev–Trinajstić information content (AvgIpc) is 2.63. The van der Waals surface area contributed by atoms with Gasteiger partial charge < -0.3 is 5.73 Å². The van der Waals surface area contributed by atoms with Crippen LogP contribution in [0, 0.1) is 5.82 Å². The van der Waals surface area contributed by atoms with E-state index in [1.807, 2.05) is 12.1 Å². The van der Waals surface area contributed by atoms with Gasteiger partial charge in [0.25, 0.3) is 0 Å². The molecule has 0 unspecified atom stereocenters. The SMILES string of the molecule is Nc1cc(F)ccc1SCc1ccc(Cl)s1. The molecule has 2 N–H and O–H groups in total. The van der Waals surface area contributed by atoms with Crippen molar-refractivity contribution >= 4 is 40.4 Å². The molecule has 0 spiro atoms. The van der Waals surface area contributed by atoms with Gasteiger partial charge in [-0.05, 0) is 30.3 Å². The lowest BCUT2D eigenvalue weighted by Gasteiger charge is -2.03. The topological polar surface area (TPSA) is 26.0 Å². The van der Waals surface area contributed by atoms with Crippen LogP contribution in [0.1, 0.15) is 4.88 Å².